The molecule has 0 atom stereocenters. The molecule has 2 heteroatoms. The third-order valence-corrected chi connectivity index (χ3v) is 2.90. The lowest BCUT2D eigenvalue weighted by Crippen LogP contribution is -2.19. The summed E-state index contributed by atoms with van der Waals surface area (Å²) in [4.78, 5) is 13.0. The first-order valence-electron chi connectivity index (χ1n) is 4.97. The maximum Gasteiger partial charge on any atom is 0.250 e. The van der Waals surface area contributed by atoms with Crippen LogP contribution in [0.2, 0.25) is 0 Å². The monoisotopic (exact) mass is 177 g/mol. The summed E-state index contributed by atoms with van der Waals surface area (Å²) < 4.78 is 0. The van der Waals surface area contributed by atoms with E-state index in [2.05, 4.69) is 0 Å². The molecular weight excluding hydrogens is 162 g/mol. The Hall–Kier alpha value is -1.05. The molecule has 13 heavy (non-hydrogen) atoms. The topological polar surface area (TPSA) is 20.3 Å². The Morgan fingerprint density at radius 2 is 1.85 bits per heavy atom. The van der Waals surface area contributed by atoms with E-state index in [1.807, 2.05) is 13.1 Å². The number of carbonyl (C=O) groups is 1. The van der Waals surface area contributed by atoms with Crippen molar-refractivity contribution in [1.82, 2.24) is 4.90 Å². The Bertz CT molecular complexity index is 280. The SMILES string of the molecule is CN1C(=O)C=CC1=C1CCCCC1. The number of likely N-dealkylation sites (N-methyl/N-ethyl adjacent to an activating group) is 1. The lowest BCUT2D eigenvalue weighted by atomic mass is 9.93. The molecule has 0 spiro atoms. The summed E-state index contributed by atoms with van der Waals surface area (Å²) in [6.45, 7) is 0. The maximum atomic E-state index is 11.2. The highest BCUT2D eigenvalue weighted by Crippen LogP contribution is 2.29. The van der Waals surface area contributed by atoms with Gasteiger partial charge in [0.25, 0.3) is 5.91 Å². The van der Waals surface area contributed by atoms with Crippen LogP contribution in [0.3, 0.4) is 0 Å². The lowest BCUT2D eigenvalue weighted by Gasteiger charge is -2.20. The first-order valence-corrected chi connectivity index (χ1v) is 4.97. The van der Waals surface area contributed by atoms with E-state index in [-0.39, 0.29) is 5.91 Å². The van der Waals surface area contributed by atoms with Gasteiger partial charge < -0.3 is 4.90 Å². The summed E-state index contributed by atoms with van der Waals surface area (Å²) in [6, 6.07) is 0. The number of amides is 1. The molecule has 0 saturated heterocycles. The van der Waals surface area contributed by atoms with Crippen LogP contribution >= 0.6 is 0 Å². The second-order valence-corrected chi connectivity index (χ2v) is 3.78. The highest BCUT2D eigenvalue weighted by atomic mass is 16.2. The fourth-order valence-electron chi connectivity index (χ4n) is 2.08. The lowest BCUT2D eigenvalue weighted by molar-refractivity contribution is -0.122. The van der Waals surface area contributed by atoms with E-state index < -0.39 is 0 Å². The van der Waals surface area contributed by atoms with Crippen molar-refractivity contribution in [1.29, 1.82) is 0 Å². The van der Waals surface area contributed by atoms with Crippen molar-refractivity contribution in [3.05, 3.63) is 23.4 Å². The van der Waals surface area contributed by atoms with Crippen molar-refractivity contribution in [2.75, 3.05) is 7.05 Å². The molecule has 2 aliphatic rings. The minimum Gasteiger partial charge on any atom is -0.312 e. The van der Waals surface area contributed by atoms with Crippen molar-refractivity contribution in [2.45, 2.75) is 32.1 Å². The molecule has 2 nitrogen and oxygen atoms in total. The molecule has 0 aromatic rings. The quantitative estimate of drug-likeness (QED) is 0.555. The molecule has 1 saturated carbocycles. The van der Waals surface area contributed by atoms with Crippen molar-refractivity contribution in [3.63, 3.8) is 0 Å². The third kappa shape index (κ3) is 1.53. The maximum absolute atomic E-state index is 11.2. The van der Waals surface area contributed by atoms with Crippen LogP contribution in [0.1, 0.15) is 32.1 Å². The molecule has 70 valence electrons. The molecule has 1 fully saturated rings. The van der Waals surface area contributed by atoms with Crippen LogP contribution in [0, 0.1) is 0 Å². The zero-order valence-corrected chi connectivity index (χ0v) is 8.05. The molecule has 0 radical (unpaired) electrons. The molecule has 1 aliphatic carbocycles. The molecule has 0 N–H and O–H groups in total. The normalized spacial score (nSPS) is 23.2. The average Bonchev–Trinajstić information content (AvgIpc) is 2.49. The van der Waals surface area contributed by atoms with E-state index in [4.69, 9.17) is 0 Å². The molecule has 2 rings (SSSR count). The Balaban J connectivity index is 2.22. The Labute approximate surface area is 78.9 Å². The van der Waals surface area contributed by atoms with E-state index in [0.717, 1.165) is 5.70 Å². The van der Waals surface area contributed by atoms with Crippen molar-refractivity contribution in [3.8, 4) is 0 Å². The van der Waals surface area contributed by atoms with E-state index in [0.29, 0.717) is 0 Å². The van der Waals surface area contributed by atoms with Gasteiger partial charge >= 0.3 is 0 Å². The number of allylic oxidation sites excluding steroid dienone is 2. The molecule has 0 bridgehead atoms. The molecule has 1 aliphatic heterocycles. The second-order valence-electron chi connectivity index (χ2n) is 3.78. The van der Waals surface area contributed by atoms with Crippen molar-refractivity contribution >= 4 is 5.91 Å². The molecule has 0 aromatic heterocycles. The first kappa shape index (κ1) is 8.54. The largest absolute Gasteiger partial charge is 0.312 e. The van der Waals surface area contributed by atoms with Gasteiger partial charge in [-0.1, -0.05) is 6.42 Å². The first-order chi connectivity index (χ1) is 6.29. The average molecular weight is 177 g/mol. The summed E-state index contributed by atoms with van der Waals surface area (Å²) in [6.07, 6.45) is 9.90. The second kappa shape index (κ2) is 3.36. The minimum atomic E-state index is 0.119. The van der Waals surface area contributed by atoms with Gasteiger partial charge in [-0.05, 0) is 37.3 Å². The van der Waals surface area contributed by atoms with E-state index in [1.54, 1.807) is 11.0 Å². The summed E-state index contributed by atoms with van der Waals surface area (Å²) in [5.74, 6) is 0.119. The molecule has 1 amide bonds. The van der Waals surface area contributed by atoms with Crippen LogP contribution in [0.4, 0.5) is 0 Å². The van der Waals surface area contributed by atoms with Crippen LogP contribution < -0.4 is 0 Å². The zero-order chi connectivity index (χ0) is 9.26. The zero-order valence-electron chi connectivity index (χ0n) is 8.05. The smallest absolute Gasteiger partial charge is 0.250 e. The van der Waals surface area contributed by atoms with Crippen molar-refractivity contribution < 1.29 is 4.79 Å². The summed E-state index contributed by atoms with van der Waals surface area (Å²) >= 11 is 0. The van der Waals surface area contributed by atoms with Crippen LogP contribution in [0.25, 0.3) is 0 Å². The van der Waals surface area contributed by atoms with Gasteiger partial charge in [-0.15, -0.1) is 0 Å². The molecular formula is C11H15NO. The summed E-state index contributed by atoms with van der Waals surface area (Å²) in [7, 11) is 1.86. The number of nitrogens with zero attached hydrogens (tertiary/aromatic N) is 1. The number of hydrogen-bond donors (Lipinski definition) is 0. The van der Waals surface area contributed by atoms with Gasteiger partial charge in [-0.25, -0.2) is 0 Å². The summed E-state index contributed by atoms with van der Waals surface area (Å²) in [5, 5.41) is 0. The number of carbonyl (C=O) groups excluding carboxylic acids is 1. The van der Waals surface area contributed by atoms with Gasteiger partial charge in [0.15, 0.2) is 0 Å². The molecule has 1 heterocycles. The summed E-state index contributed by atoms with van der Waals surface area (Å²) in [5.41, 5.74) is 2.63. The fourth-order valence-corrected chi connectivity index (χ4v) is 2.08. The predicted molar refractivity (Wildman–Crippen MR) is 52.0 cm³/mol. The highest BCUT2D eigenvalue weighted by Gasteiger charge is 2.20. The third-order valence-electron chi connectivity index (χ3n) is 2.90. The van der Waals surface area contributed by atoms with Crippen LogP contribution in [0.5, 0.6) is 0 Å². The Morgan fingerprint density at radius 3 is 2.38 bits per heavy atom. The van der Waals surface area contributed by atoms with Crippen LogP contribution in [-0.2, 0) is 4.79 Å². The Morgan fingerprint density at radius 1 is 1.15 bits per heavy atom. The van der Waals surface area contributed by atoms with Crippen molar-refractivity contribution in [2.24, 2.45) is 0 Å². The number of hydrogen-bond acceptors (Lipinski definition) is 1. The van der Waals surface area contributed by atoms with E-state index >= 15 is 0 Å². The minimum absolute atomic E-state index is 0.119. The van der Waals surface area contributed by atoms with Gasteiger partial charge in [0.05, 0.1) is 0 Å². The van der Waals surface area contributed by atoms with Crippen LogP contribution in [-0.4, -0.2) is 17.9 Å². The van der Waals surface area contributed by atoms with Gasteiger partial charge in [-0.2, -0.15) is 0 Å². The standard InChI is InChI=1S/C11H15NO/c1-12-10(7-8-11(12)13)9-5-3-2-4-6-9/h7-8H,2-6H2,1H3. The van der Waals surface area contributed by atoms with Crippen LogP contribution in [0.15, 0.2) is 23.4 Å². The van der Waals surface area contributed by atoms with Gasteiger partial charge in [0.2, 0.25) is 0 Å². The fraction of sp³-hybridized carbons (Fsp3) is 0.545. The van der Waals surface area contributed by atoms with E-state index in [1.165, 1.54) is 37.7 Å². The van der Waals surface area contributed by atoms with Gasteiger partial charge in [0, 0.05) is 18.8 Å². The Kier molecular flexibility index (Phi) is 2.21. The highest BCUT2D eigenvalue weighted by molar-refractivity contribution is 5.93. The van der Waals surface area contributed by atoms with E-state index in [9.17, 15) is 4.79 Å². The number of rotatable bonds is 0. The molecule has 0 aromatic carbocycles. The predicted octanol–water partition coefficient (Wildman–Crippen LogP) is 2.23. The molecule has 0 unspecified atom stereocenters. The van der Waals surface area contributed by atoms with Gasteiger partial charge in [-0.3, -0.25) is 4.79 Å². The van der Waals surface area contributed by atoms with Gasteiger partial charge in [0.1, 0.15) is 0 Å².